The summed E-state index contributed by atoms with van der Waals surface area (Å²) in [5.74, 6) is 0.146. The molecule has 21 heavy (non-hydrogen) atoms. The van der Waals surface area contributed by atoms with E-state index < -0.39 is 0 Å². The molecule has 4 nitrogen and oxygen atoms in total. The minimum atomic E-state index is -0.182. The van der Waals surface area contributed by atoms with Crippen molar-refractivity contribution in [1.29, 1.82) is 0 Å². The molecule has 1 fully saturated rings. The first-order chi connectivity index (χ1) is 10.0. The lowest BCUT2D eigenvalue weighted by Crippen LogP contribution is -2.37. The predicted molar refractivity (Wildman–Crippen MR) is 84.0 cm³/mol. The lowest BCUT2D eigenvalue weighted by Gasteiger charge is -2.25. The van der Waals surface area contributed by atoms with Crippen LogP contribution in [0.2, 0.25) is 0 Å². The SMILES string of the molecule is COC(CN)CC(=O)N(Cc1ccc(C)c(C)c1)C1CC1. The van der Waals surface area contributed by atoms with Crippen molar-refractivity contribution in [2.75, 3.05) is 13.7 Å². The summed E-state index contributed by atoms with van der Waals surface area (Å²) >= 11 is 0. The van der Waals surface area contributed by atoms with E-state index in [1.54, 1.807) is 7.11 Å². The standard InChI is InChI=1S/C17H26N2O2/c1-12-4-5-14(8-13(12)2)11-19(15-6-7-15)17(20)9-16(10-18)21-3/h4-5,8,15-16H,6-7,9-11,18H2,1-3H3. The van der Waals surface area contributed by atoms with Gasteiger partial charge in [0.25, 0.3) is 0 Å². The van der Waals surface area contributed by atoms with Crippen molar-refractivity contribution >= 4 is 5.91 Å². The third-order valence-electron chi connectivity index (χ3n) is 4.23. The average molecular weight is 290 g/mol. The molecule has 4 heteroatoms. The van der Waals surface area contributed by atoms with Crippen LogP contribution in [0.3, 0.4) is 0 Å². The summed E-state index contributed by atoms with van der Waals surface area (Å²) in [6.07, 6.45) is 2.40. The second-order valence-corrected chi connectivity index (χ2v) is 5.97. The third kappa shape index (κ3) is 4.29. The smallest absolute Gasteiger partial charge is 0.225 e. The maximum Gasteiger partial charge on any atom is 0.225 e. The second-order valence-electron chi connectivity index (χ2n) is 5.97. The Morgan fingerprint density at radius 2 is 2.10 bits per heavy atom. The van der Waals surface area contributed by atoms with Crippen LogP contribution < -0.4 is 5.73 Å². The molecule has 0 heterocycles. The van der Waals surface area contributed by atoms with Gasteiger partial charge in [0.05, 0.1) is 12.5 Å². The van der Waals surface area contributed by atoms with Crippen LogP contribution in [0.15, 0.2) is 18.2 Å². The number of nitrogens with two attached hydrogens (primary N) is 1. The van der Waals surface area contributed by atoms with Crippen LogP contribution in [0.4, 0.5) is 0 Å². The van der Waals surface area contributed by atoms with E-state index in [4.69, 9.17) is 10.5 Å². The van der Waals surface area contributed by atoms with Crippen LogP contribution >= 0.6 is 0 Å². The van der Waals surface area contributed by atoms with E-state index in [1.165, 1.54) is 16.7 Å². The molecule has 116 valence electrons. The summed E-state index contributed by atoms with van der Waals surface area (Å²) in [5.41, 5.74) is 9.37. The number of carbonyl (C=O) groups excluding carboxylic acids is 1. The van der Waals surface area contributed by atoms with Gasteiger partial charge >= 0.3 is 0 Å². The van der Waals surface area contributed by atoms with Gasteiger partial charge in [-0.15, -0.1) is 0 Å². The van der Waals surface area contributed by atoms with Gasteiger partial charge in [-0.3, -0.25) is 4.79 Å². The normalized spacial score (nSPS) is 15.8. The van der Waals surface area contributed by atoms with Crippen LogP contribution in [0.5, 0.6) is 0 Å². The maximum atomic E-state index is 12.5. The van der Waals surface area contributed by atoms with E-state index in [-0.39, 0.29) is 12.0 Å². The van der Waals surface area contributed by atoms with Crippen LogP contribution in [-0.2, 0) is 16.1 Å². The van der Waals surface area contributed by atoms with Crippen molar-refractivity contribution in [2.24, 2.45) is 5.73 Å². The summed E-state index contributed by atoms with van der Waals surface area (Å²) in [4.78, 5) is 14.5. The zero-order valence-electron chi connectivity index (χ0n) is 13.3. The van der Waals surface area contributed by atoms with E-state index in [1.807, 2.05) is 4.90 Å². The minimum absolute atomic E-state index is 0.146. The first-order valence-electron chi connectivity index (χ1n) is 7.63. The van der Waals surface area contributed by atoms with E-state index in [2.05, 4.69) is 32.0 Å². The van der Waals surface area contributed by atoms with E-state index in [9.17, 15) is 4.79 Å². The fourth-order valence-corrected chi connectivity index (χ4v) is 2.48. The lowest BCUT2D eigenvalue weighted by molar-refractivity contribution is -0.134. The van der Waals surface area contributed by atoms with Crippen molar-refractivity contribution in [3.63, 3.8) is 0 Å². The lowest BCUT2D eigenvalue weighted by atomic mass is 10.1. The summed E-state index contributed by atoms with van der Waals surface area (Å²) < 4.78 is 5.23. The quantitative estimate of drug-likeness (QED) is 0.837. The van der Waals surface area contributed by atoms with Gasteiger partial charge in [-0.1, -0.05) is 18.2 Å². The Labute approximate surface area is 127 Å². The Balaban J connectivity index is 2.05. The molecular weight excluding hydrogens is 264 g/mol. The highest BCUT2D eigenvalue weighted by Crippen LogP contribution is 2.29. The van der Waals surface area contributed by atoms with Gasteiger partial charge in [0.15, 0.2) is 0 Å². The number of ether oxygens (including phenoxy) is 1. The Bertz CT molecular complexity index is 494. The predicted octanol–water partition coefficient (Wildman–Crippen LogP) is 2.16. The molecule has 2 rings (SSSR count). The van der Waals surface area contributed by atoms with Gasteiger partial charge in [-0.05, 0) is 43.4 Å². The van der Waals surface area contributed by atoms with Crippen molar-refractivity contribution in [1.82, 2.24) is 4.90 Å². The summed E-state index contributed by atoms with van der Waals surface area (Å²) in [7, 11) is 1.61. The fraction of sp³-hybridized carbons (Fsp3) is 0.588. The topological polar surface area (TPSA) is 55.6 Å². The largest absolute Gasteiger partial charge is 0.380 e. The molecule has 1 atom stereocenters. The highest BCUT2D eigenvalue weighted by molar-refractivity contribution is 5.77. The number of amides is 1. The van der Waals surface area contributed by atoms with Gasteiger partial charge in [-0.2, -0.15) is 0 Å². The Morgan fingerprint density at radius 3 is 2.62 bits per heavy atom. The molecular formula is C17H26N2O2. The molecule has 1 aromatic carbocycles. The number of hydrogen-bond donors (Lipinski definition) is 1. The summed E-state index contributed by atoms with van der Waals surface area (Å²) in [6.45, 7) is 5.28. The highest BCUT2D eigenvalue weighted by atomic mass is 16.5. The van der Waals surface area contributed by atoms with Gasteiger partial charge < -0.3 is 15.4 Å². The fourth-order valence-electron chi connectivity index (χ4n) is 2.48. The molecule has 1 saturated carbocycles. The monoisotopic (exact) mass is 290 g/mol. The van der Waals surface area contributed by atoms with E-state index in [0.717, 1.165) is 12.8 Å². The molecule has 0 radical (unpaired) electrons. The van der Waals surface area contributed by atoms with Crippen LogP contribution in [-0.4, -0.2) is 36.6 Å². The Hall–Kier alpha value is -1.39. The van der Waals surface area contributed by atoms with Crippen molar-refractivity contribution in [2.45, 2.75) is 51.8 Å². The van der Waals surface area contributed by atoms with E-state index >= 15 is 0 Å². The highest BCUT2D eigenvalue weighted by Gasteiger charge is 2.33. The zero-order valence-corrected chi connectivity index (χ0v) is 13.3. The molecule has 1 aliphatic carbocycles. The van der Waals surface area contributed by atoms with Crippen molar-refractivity contribution < 1.29 is 9.53 Å². The minimum Gasteiger partial charge on any atom is -0.380 e. The summed E-state index contributed by atoms with van der Waals surface area (Å²) in [6, 6.07) is 6.81. The molecule has 2 N–H and O–H groups in total. The van der Waals surface area contributed by atoms with Gasteiger partial charge in [0.1, 0.15) is 0 Å². The number of carbonyl (C=O) groups is 1. The van der Waals surface area contributed by atoms with Gasteiger partial charge in [-0.25, -0.2) is 0 Å². The van der Waals surface area contributed by atoms with Crippen LogP contribution in [0.1, 0.15) is 36.0 Å². The van der Waals surface area contributed by atoms with Gasteiger partial charge in [0.2, 0.25) is 5.91 Å². The average Bonchev–Trinajstić information content (AvgIpc) is 3.30. The number of rotatable bonds is 7. The maximum absolute atomic E-state index is 12.5. The number of hydrogen-bond acceptors (Lipinski definition) is 3. The number of methoxy groups -OCH3 is 1. The first kappa shape index (κ1) is 16.0. The number of aryl methyl sites for hydroxylation is 2. The molecule has 1 unspecified atom stereocenters. The zero-order chi connectivity index (χ0) is 15.4. The van der Waals surface area contributed by atoms with Crippen LogP contribution in [0, 0.1) is 13.8 Å². The molecule has 0 aromatic heterocycles. The van der Waals surface area contributed by atoms with Gasteiger partial charge in [0, 0.05) is 26.2 Å². The van der Waals surface area contributed by atoms with E-state index in [0.29, 0.717) is 25.6 Å². The number of nitrogens with zero attached hydrogens (tertiary/aromatic N) is 1. The molecule has 1 amide bonds. The van der Waals surface area contributed by atoms with Crippen molar-refractivity contribution in [3.05, 3.63) is 34.9 Å². The van der Waals surface area contributed by atoms with Crippen molar-refractivity contribution in [3.8, 4) is 0 Å². The number of benzene rings is 1. The molecule has 0 aliphatic heterocycles. The Kier molecular flexibility index (Phi) is 5.37. The third-order valence-corrected chi connectivity index (χ3v) is 4.23. The second kappa shape index (κ2) is 7.05. The first-order valence-corrected chi connectivity index (χ1v) is 7.63. The van der Waals surface area contributed by atoms with Crippen LogP contribution in [0.25, 0.3) is 0 Å². The Morgan fingerprint density at radius 1 is 1.38 bits per heavy atom. The molecule has 0 bridgehead atoms. The molecule has 0 saturated heterocycles. The molecule has 0 spiro atoms. The molecule has 1 aromatic rings. The molecule has 1 aliphatic rings. The summed E-state index contributed by atoms with van der Waals surface area (Å²) in [5, 5.41) is 0.